The molecule has 0 aromatic rings. The second-order valence-electron chi connectivity index (χ2n) is 4.81. The molecule has 0 heterocycles. The fourth-order valence-corrected chi connectivity index (χ4v) is 1.93. The zero-order chi connectivity index (χ0) is 13.1. The molecule has 0 aromatic carbocycles. The van der Waals surface area contributed by atoms with Crippen molar-refractivity contribution < 1.29 is 4.74 Å². The van der Waals surface area contributed by atoms with Gasteiger partial charge in [0.1, 0.15) is 0 Å². The number of nitrogens with zero attached hydrogens (tertiary/aromatic N) is 2. The Bertz CT molecular complexity index is 159. The van der Waals surface area contributed by atoms with Crippen LogP contribution in [0.5, 0.6) is 0 Å². The molecule has 1 atom stereocenters. The lowest BCUT2D eigenvalue weighted by molar-refractivity contribution is 0.135. The van der Waals surface area contributed by atoms with Gasteiger partial charge in [-0.1, -0.05) is 13.8 Å². The van der Waals surface area contributed by atoms with E-state index in [4.69, 9.17) is 4.74 Å². The number of likely N-dealkylation sites (N-methyl/N-ethyl adjacent to an activating group) is 2. The maximum absolute atomic E-state index is 5.26. The van der Waals surface area contributed by atoms with Crippen molar-refractivity contribution in [1.82, 2.24) is 15.1 Å². The van der Waals surface area contributed by atoms with E-state index in [1.165, 1.54) is 13.0 Å². The quantitative estimate of drug-likeness (QED) is 0.585. The van der Waals surface area contributed by atoms with E-state index < -0.39 is 0 Å². The number of hydrogen-bond acceptors (Lipinski definition) is 4. The number of hydrogen-bond donors (Lipinski definition) is 1. The van der Waals surface area contributed by atoms with Gasteiger partial charge in [-0.2, -0.15) is 0 Å². The van der Waals surface area contributed by atoms with E-state index in [1.54, 1.807) is 7.11 Å². The molecule has 1 N–H and O–H groups in total. The Morgan fingerprint density at radius 3 is 2.29 bits per heavy atom. The highest BCUT2D eigenvalue weighted by Gasteiger charge is 2.12. The molecule has 0 aliphatic rings. The summed E-state index contributed by atoms with van der Waals surface area (Å²) in [6.45, 7) is 10.7. The molecule has 0 saturated carbocycles. The molecule has 0 amide bonds. The second kappa shape index (κ2) is 11.0. The average molecular weight is 245 g/mol. The van der Waals surface area contributed by atoms with E-state index in [9.17, 15) is 0 Å². The van der Waals surface area contributed by atoms with E-state index in [0.29, 0.717) is 6.04 Å². The fraction of sp³-hybridized carbons (Fsp3) is 1.00. The van der Waals surface area contributed by atoms with Gasteiger partial charge in [-0.05, 0) is 33.6 Å². The molecule has 0 rings (SSSR count). The first kappa shape index (κ1) is 16.8. The molecule has 0 aliphatic carbocycles. The Hall–Kier alpha value is -0.160. The fourth-order valence-electron chi connectivity index (χ4n) is 1.93. The molecule has 4 heteroatoms. The summed E-state index contributed by atoms with van der Waals surface area (Å²) in [6, 6.07) is 0.443. The third kappa shape index (κ3) is 9.53. The summed E-state index contributed by atoms with van der Waals surface area (Å²) in [6.07, 6.45) is 1.21. The molecule has 1 unspecified atom stereocenters. The van der Waals surface area contributed by atoms with Gasteiger partial charge in [-0.25, -0.2) is 0 Å². The normalized spacial score (nSPS) is 13.6. The first-order chi connectivity index (χ1) is 8.13. The van der Waals surface area contributed by atoms with Crippen molar-refractivity contribution in [3.63, 3.8) is 0 Å². The van der Waals surface area contributed by atoms with Crippen LogP contribution in [0, 0.1) is 0 Å². The van der Waals surface area contributed by atoms with Gasteiger partial charge in [-0.3, -0.25) is 0 Å². The summed E-state index contributed by atoms with van der Waals surface area (Å²) in [4.78, 5) is 4.76. The standard InChI is InChI=1S/C13H31N3O/c1-6-8-16(10-9-15(3)4)11-13(12-17-5)14-7-2/h13-14H,6-12H2,1-5H3. The van der Waals surface area contributed by atoms with Crippen molar-refractivity contribution in [2.24, 2.45) is 0 Å². The summed E-state index contributed by atoms with van der Waals surface area (Å²) in [5, 5.41) is 3.48. The van der Waals surface area contributed by atoms with Gasteiger partial charge < -0.3 is 19.9 Å². The minimum absolute atomic E-state index is 0.443. The minimum Gasteiger partial charge on any atom is -0.383 e. The lowest BCUT2D eigenvalue weighted by Crippen LogP contribution is -2.45. The predicted octanol–water partition coefficient (Wildman–Crippen LogP) is 0.885. The van der Waals surface area contributed by atoms with Gasteiger partial charge in [0, 0.05) is 32.8 Å². The third-order valence-corrected chi connectivity index (χ3v) is 2.74. The molecule has 0 aliphatic heterocycles. The molecule has 17 heavy (non-hydrogen) atoms. The van der Waals surface area contributed by atoms with Crippen molar-refractivity contribution in [2.75, 3.05) is 60.5 Å². The summed E-state index contributed by atoms with van der Waals surface area (Å²) in [5.74, 6) is 0. The van der Waals surface area contributed by atoms with Crippen LogP contribution in [-0.4, -0.2) is 76.4 Å². The van der Waals surface area contributed by atoms with Crippen LogP contribution >= 0.6 is 0 Å². The Morgan fingerprint density at radius 2 is 1.82 bits per heavy atom. The molecule has 0 radical (unpaired) electrons. The Balaban J connectivity index is 4.07. The molecule has 0 saturated heterocycles. The first-order valence-corrected chi connectivity index (χ1v) is 6.73. The maximum Gasteiger partial charge on any atom is 0.0628 e. The lowest BCUT2D eigenvalue weighted by Gasteiger charge is -2.28. The molecule has 4 nitrogen and oxygen atoms in total. The Morgan fingerprint density at radius 1 is 1.12 bits per heavy atom. The van der Waals surface area contributed by atoms with Gasteiger partial charge >= 0.3 is 0 Å². The number of ether oxygens (including phenoxy) is 1. The highest BCUT2D eigenvalue weighted by molar-refractivity contribution is 4.72. The first-order valence-electron chi connectivity index (χ1n) is 6.73. The van der Waals surface area contributed by atoms with Crippen LogP contribution < -0.4 is 5.32 Å². The van der Waals surface area contributed by atoms with Crippen molar-refractivity contribution >= 4 is 0 Å². The highest BCUT2D eigenvalue weighted by Crippen LogP contribution is 1.97. The van der Waals surface area contributed by atoms with Crippen molar-refractivity contribution in [1.29, 1.82) is 0 Å². The van der Waals surface area contributed by atoms with Gasteiger partial charge in [-0.15, -0.1) is 0 Å². The number of methoxy groups -OCH3 is 1. The molecule has 0 spiro atoms. The average Bonchev–Trinajstić information content (AvgIpc) is 2.27. The van der Waals surface area contributed by atoms with Crippen LogP contribution in [0.15, 0.2) is 0 Å². The predicted molar refractivity (Wildman–Crippen MR) is 74.6 cm³/mol. The van der Waals surface area contributed by atoms with Gasteiger partial charge in [0.15, 0.2) is 0 Å². The summed E-state index contributed by atoms with van der Waals surface area (Å²) >= 11 is 0. The van der Waals surface area contributed by atoms with Gasteiger partial charge in [0.05, 0.1) is 6.61 Å². The van der Waals surface area contributed by atoms with Crippen LogP contribution in [0.25, 0.3) is 0 Å². The molecule has 0 bridgehead atoms. The number of nitrogens with one attached hydrogen (secondary N) is 1. The Kier molecular flexibility index (Phi) is 10.9. The molecular formula is C13H31N3O. The van der Waals surface area contributed by atoms with E-state index in [0.717, 1.165) is 32.8 Å². The lowest BCUT2D eigenvalue weighted by atomic mass is 10.2. The minimum atomic E-state index is 0.443. The van der Waals surface area contributed by atoms with E-state index in [-0.39, 0.29) is 0 Å². The molecule has 0 fully saturated rings. The van der Waals surface area contributed by atoms with Crippen LogP contribution in [0.4, 0.5) is 0 Å². The van der Waals surface area contributed by atoms with E-state index >= 15 is 0 Å². The monoisotopic (exact) mass is 245 g/mol. The second-order valence-corrected chi connectivity index (χ2v) is 4.81. The molecule has 104 valence electrons. The van der Waals surface area contributed by atoms with Gasteiger partial charge in [0.2, 0.25) is 0 Å². The smallest absolute Gasteiger partial charge is 0.0628 e. The SMILES string of the molecule is CCCN(CCN(C)C)CC(COC)NCC. The third-order valence-electron chi connectivity index (χ3n) is 2.74. The van der Waals surface area contributed by atoms with Crippen LogP contribution in [-0.2, 0) is 4.74 Å². The highest BCUT2D eigenvalue weighted by atomic mass is 16.5. The summed E-state index contributed by atoms with van der Waals surface area (Å²) in [7, 11) is 6.02. The summed E-state index contributed by atoms with van der Waals surface area (Å²) < 4.78 is 5.26. The number of rotatable bonds is 11. The molecule has 0 aromatic heterocycles. The van der Waals surface area contributed by atoms with Crippen molar-refractivity contribution in [2.45, 2.75) is 26.3 Å². The zero-order valence-electron chi connectivity index (χ0n) is 12.3. The van der Waals surface area contributed by atoms with Gasteiger partial charge in [0.25, 0.3) is 0 Å². The summed E-state index contributed by atoms with van der Waals surface area (Å²) in [5.41, 5.74) is 0. The van der Waals surface area contributed by atoms with E-state index in [1.807, 2.05) is 0 Å². The topological polar surface area (TPSA) is 27.7 Å². The maximum atomic E-state index is 5.26. The van der Waals surface area contributed by atoms with Crippen LogP contribution in [0.3, 0.4) is 0 Å². The van der Waals surface area contributed by atoms with Crippen LogP contribution in [0.1, 0.15) is 20.3 Å². The Labute approximate surface area is 107 Å². The van der Waals surface area contributed by atoms with Crippen LogP contribution in [0.2, 0.25) is 0 Å². The van der Waals surface area contributed by atoms with E-state index in [2.05, 4.69) is 43.1 Å². The molecular weight excluding hydrogens is 214 g/mol. The van der Waals surface area contributed by atoms with Crippen molar-refractivity contribution in [3.8, 4) is 0 Å². The van der Waals surface area contributed by atoms with Crippen molar-refractivity contribution in [3.05, 3.63) is 0 Å². The largest absolute Gasteiger partial charge is 0.383 e. The zero-order valence-corrected chi connectivity index (χ0v) is 12.3.